The average Bonchev–Trinajstić information content (AvgIpc) is 3.51. The number of carbonyl (C=O) groups excluding carboxylic acids is 2. The van der Waals surface area contributed by atoms with Gasteiger partial charge in [0.05, 0.1) is 30.2 Å². The monoisotopic (exact) mass is 489 g/mol. The Morgan fingerprint density at radius 1 is 1.14 bits per heavy atom. The molecule has 3 amide bonds. The van der Waals surface area contributed by atoms with Gasteiger partial charge in [-0.2, -0.15) is 4.48 Å². The third-order valence-electron chi connectivity index (χ3n) is 7.98. The first-order valence-electron chi connectivity index (χ1n) is 13.3. The summed E-state index contributed by atoms with van der Waals surface area (Å²) < 4.78 is -0.113. The molecule has 2 aliphatic rings. The van der Waals surface area contributed by atoms with E-state index in [1.54, 1.807) is 6.20 Å². The average molecular weight is 490 g/mol. The molecule has 4 heterocycles. The van der Waals surface area contributed by atoms with Crippen molar-refractivity contribution in [3.8, 4) is 0 Å². The van der Waals surface area contributed by atoms with Crippen LogP contribution in [0.5, 0.6) is 0 Å². The molecule has 8 nitrogen and oxygen atoms in total. The summed E-state index contributed by atoms with van der Waals surface area (Å²) in [6.45, 7) is 4.52. The smallest absolute Gasteiger partial charge is 0.342 e. The number of benzene rings is 1. The maximum Gasteiger partial charge on any atom is 0.425 e. The van der Waals surface area contributed by atoms with Gasteiger partial charge in [0.25, 0.3) is 0 Å². The van der Waals surface area contributed by atoms with Crippen LogP contribution >= 0.6 is 0 Å². The lowest BCUT2D eigenvalue weighted by molar-refractivity contribution is -0.785. The van der Waals surface area contributed by atoms with Gasteiger partial charge in [-0.25, -0.2) is 14.6 Å². The summed E-state index contributed by atoms with van der Waals surface area (Å²) >= 11 is 0. The number of H-pyrrole nitrogens is 1. The number of nitrogens with zero attached hydrogens (tertiary/aromatic N) is 4. The van der Waals surface area contributed by atoms with Crippen LogP contribution in [0.4, 0.5) is 4.79 Å². The molecule has 8 heteroatoms. The van der Waals surface area contributed by atoms with E-state index in [0.29, 0.717) is 19.4 Å². The highest BCUT2D eigenvalue weighted by molar-refractivity contribution is 5.84. The number of para-hydroxylation sites is 2. The molecule has 2 aliphatic heterocycles. The lowest BCUT2D eigenvalue weighted by Crippen LogP contribution is -2.66. The number of amides is 3. The number of aromatic amines is 1. The summed E-state index contributed by atoms with van der Waals surface area (Å²) in [5.74, 6) is 0.773. The first-order chi connectivity index (χ1) is 17.6. The minimum absolute atomic E-state index is 0.0169. The molecule has 0 spiro atoms. The number of hydrogen-bond donors (Lipinski definition) is 2. The van der Waals surface area contributed by atoms with Gasteiger partial charge in [0.1, 0.15) is 11.9 Å². The molecule has 190 valence electrons. The van der Waals surface area contributed by atoms with E-state index in [2.05, 4.69) is 31.2 Å². The third kappa shape index (κ3) is 5.06. The maximum absolute atomic E-state index is 14.0. The predicted molar refractivity (Wildman–Crippen MR) is 139 cm³/mol. The highest BCUT2D eigenvalue weighted by Gasteiger charge is 2.52. The van der Waals surface area contributed by atoms with E-state index in [9.17, 15) is 9.59 Å². The van der Waals surface area contributed by atoms with Crippen LogP contribution in [0.3, 0.4) is 0 Å². The molecule has 1 aromatic carbocycles. The Kier molecular flexibility index (Phi) is 7.43. The maximum atomic E-state index is 14.0. The SMILES string of the molecule is C[C@@H]1CCC[N+]1(C(=O)CCc1nc2ccccc2[nH]1)C(=O)NC(Cc1cccnc1)N1CCCCC1. The zero-order chi connectivity index (χ0) is 25.0. The number of imide groups is 1. The van der Waals surface area contributed by atoms with E-state index in [-0.39, 0.29) is 35.0 Å². The van der Waals surface area contributed by atoms with Crippen molar-refractivity contribution < 1.29 is 14.1 Å². The Morgan fingerprint density at radius 2 is 1.97 bits per heavy atom. The number of piperidine rings is 1. The summed E-state index contributed by atoms with van der Waals surface area (Å²) in [6.07, 6.45) is 10.2. The van der Waals surface area contributed by atoms with Crippen molar-refractivity contribution >= 4 is 23.0 Å². The second-order valence-corrected chi connectivity index (χ2v) is 10.3. The normalized spacial score (nSPS) is 23.5. The van der Waals surface area contributed by atoms with Crippen LogP contribution in [0.25, 0.3) is 11.0 Å². The number of imidazole rings is 1. The third-order valence-corrected chi connectivity index (χ3v) is 7.98. The van der Waals surface area contributed by atoms with Crippen molar-refractivity contribution in [1.82, 2.24) is 25.2 Å². The van der Waals surface area contributed by atoms with Crippen LogP contribution in [-0.4, -0.2) is 68.1 Å². The van der Waals surface area contributed by atoms with Crippen LogP contribution in [-0.2, 0) is 17.6 Å². The molecule has 2 aromatic heterocycles. The molecule has 2 fully saturated rings. The zero-order valence-corrected chi connectivity index (χ0v) is 21.2. The van der Waals surface area contributed by atoms with Crippen molar-refractivity contribution in [2.24, 2.45) is 0 Å². The van der Waals surface area contributed by atoms with E-state index in [0.717, 1.165) is 61.2 Å². The molecular formula is C28H37N6O2+. The van der Waals surface area contributed by atoms with Crippen LogP contribution in [0.15, 0.2) is 48.8 Å². The summed E-state index contributed by atoms with van der Waals surface area (Å²) in [6, 6.07) is 11.7. The van der Waals surface area contributed by atoms with Crippen molar-refractivity contribution in [3.05, 3.63) is 60.2 Å². The van der Waals surface area contributed by atoms with Gasteiger partial charge in [-0.15, -0.1) is 0 Å². The summed E-state index contributed by atoms with van der Waals surface area (Å²) in [5, 5.41) is 3.34. The highest BCUT2D eigenvalue weighted by atomic mass is 16.2. The number of pyridine rings is 1. The summed E-state index contributed by atoms with van der Waals surface area (Å²) in [4.78, 5) is 42.3. The summed E-state index contributed by atoms with van der Waals surface area (Å²) in [5.41, 5.74) is 2.96. The number of carbonyl (C=O) groups is 2. The Bertz CT molecular complexity index is 1160. The fraction of sp³-hybridized carbons (Fsp3) is 0.500. The molecule has 3 atom stereocenters. The standard InChI is InChI=1S/C28H36N6O2/c1-21-9-8-18-34(21,27(35)14-13-25-30-23-11-3-4-12-24(23)31-25)28(36)32-26(33-16-5-2-6-17-33)19-22-10-7-15-29-20-22/h3-4,7,10-12,15,20-21,26H,2,5-6,8-9,13-14,16-19H2,1H3,(H-,30,31,32,36)/p+1/t21-,26?,34?/m1/s1. The number of aromatic nitrogens is 3. The molecule has 0 bridgehead atoms. The van der Waals surface area contributed by atoms with Gasteiger partial charge in [-0.05, 0) is 43.5 Å². The Labute approximate surface area is 212 Å². The van der Waals surface area contributed by atoms with E-state index < -0.39 is 0 Å². The van der Waals surface area contributed by atoms with Gasteiger partial charge in [0.15, 0.2) is 0 Å². The van der Waals surface area contributed by atoms with E-state index in [1.165, 1.54) is 6.42 Å². The minimum atomic E-state index is -0.158. The number of likely N-dealkylation sites (tertiary alicyclic amines) is 2. The topological polar surface area (TPSA) is 91.0 Å². The fourth-order valence-electron chi connectivity index (χ4n) is 5.91. The second-order valence-electron chi connectivity index (χ2n) is 10.3. The number of urea groups is 1. The Balaban J connectivity index is 1.33. The van der Waals surface area contributed by atoms with Gasteiger partial charge >= 0.3 is 11.9 Å². The molecule has 2 N–H and O–H groups in total. The molecule has 0 radical (unpaired) electrons. The Morgan fingerprint density at radius 3 is 2.69 bits per heavy atom. The highest BCUT2D eigenvalue weighted by Crippen LogP contribution is 2.30. The quantitative estimate of drug-likeness (QED) is 0.486. The number of nitrogens with one attached hydrogen (secondary N) is 2. The van der Waals surface area contributed by atoms with Crippen molar-refractivity contribution in [2.45, 2.75) is 70.5 Å². The number of rotatable bonds is 7. The van der Waals surface area contributed by atoms with Crippen molar-refractivity contribution in [2.75, 3.05) is 19.6 Å². The van der Waals surface area contributed by atoms with Crippen LogP contribution in [0.2, 0.25) is 0 Å². The number of aryl methyl sites for hydroxylation is 1. The number of quaternary nitrogens is 1. The first-order valence-corrected chi connectivity index (χ1v) is 13.3. The van der Waals surface area contributed by atoms with Gasteiger partial charge in [-0.3, -0.25) is 15.2 Å². The van der Waals surface area contributed by atoms with Crippen LogP contribution in [0, 0.1) is 0 Å². The van der Waals surface area contributed by atoms with Gasteiger partial charge < -0.3 is 4.98 Å². The first kappa shape index (κ1) is 24.6. The van der Waals surface area contributed by atoms with Gasteiger partial charge in [-0.1, -0.05) is 24.6 Å². The Hall–Kier alpha value is -3.10. The molecule has 0 aliphatic carbocycles. The minimum Gasteiger partial charge on any atom is -0.342 e. The van der Waals surface area contributed by atoms with Gasteiger partial charge in [0.2, 0.25) is 0 Å². The van der Waals surface area contributed by atoms with E-state index >= 15 is 0 Å². The lowest BCUT2D eigenvalue weighted by Gasteiger charge is -2.38. The van der Waals surface area contributed by atoms with Crippen molar-refractivity contribution in [1.29, 1.82) is 0 Å². The van der Waals surface area contributed by atoms with Crippen molar-refractivity contribution in [3.63, 3.8) is 0 Å². The number of fused-ring (bicyclic) bond motifs is 1. The fourth-order valence-corrected chi connectivity index (χ4v) is 5.91. The predicted octanol–water partition coefficient (Wildman–Crippen LogP) is 4.18. The van der Waals surface area contributed by atoms with E-state index in [4.69, 9.17) is 0 Å². The second kappa shape index (κ2) is 10.9. The molecule has 5 rings (SSSR count). The van der Waals surface area contributed by atoms with Crippen LogP contribution in [0.1, 0.15) is 56.8 Å². The van der Waals surface area contributed by atoms with Gasteiger partial charge in [0, 0.05) is 51.2 Å². The molecule has 0 saturated carbocycles. The summed E-state index contributed by atoms with van der Waals surface area (Å²) in [7, 11) is 0. The molecule has 3 aromatic rings. The molecule has 2 saturated heterocycles. The molecule has 2 unspecified atom stereocenters. The van der Waals surface area contributed by atoms with Crippen LogP contribution < -0.4 is 5.32 Å². The molecule has 36 heavy (non-hydrogen) atoms. The van der Waals surface area contributed by atoms with E-state index in [1.807, 2.05) is 43.5 Å². The molecular weight excluding hydrogens is 452 g/mol. The largest absolute Gasteiger partial charge is 0.425 e. The number of hydrogen-bond acceptors (Lipinski definition) is 5. The zero-order valence-electron chi connectivity index (χ0n) is 21.2. The lowest BCUT2D eigenvalue weighted by atomic mass is 10.1.